The summed E-state index contributed by atoms with van der Waals surface area (Å²) in [5.74, 6) is -0.659. The lowest BCUT2D eigenvalue weighted by atomic mass is 10.2. The summed E-state index contributed by atoms with van der Waals surface area (Å²) in [5.41, 5.74) is 2.24. The molecular weight excluding hydrogens is 347 g/mol. The van der Waals surface area contributed by atoms with Crippen LogP contribution in [0.5, 0.6) is 11.8 Å². The summed E-state index contributed by atoms with van der Waals surface area (Å²) in [5, 5.41) is 19.5. The van der Waals surface area contributed by atoms with Gasteiger partial charge in [-0.3, -0.25) is 5.43 Å². The van der Waals surface area contributed by atoms with Crippen molar-refractivity contribution in [1.29, 1.82) is 0 Å². The van der Waals surface area contributed by atoms with Gasteiger partial charge in [-0.2, -0.15) is 17.8 Å². The van der Waals surface area contributed by atoms with E-state index in [9.17, 15) is 23.4 Å². The van der Waals surface area contributed by atoms with Crippen LogP contribution in [-0.2, 0) is 6.18 Å². The van der Waals surface area contributed by atoms with Gasteiger partial charge in [-0.15, -0.1) is 0 Å². The highest BCUT2D eigenvalue weighted by atomic mass is 35.5. The van der Waals surface area contributed by atoms with E-state index in [1.165, 1.54) is 0 Å². The molecule has 0 amide bonds. The van der Waals surface area contributed by atoms with Gasteiger partial charge in [-0.25, -0.2) is 4.98 Å². The maximum atomic E-state index is 12.7. The Balaban J connectivity index is 2.39. The van der Waals surface area contributed by atoms with Crippen LogP contribution in [0.1, 0.15) is 30.0 Å². The number of nitrogens with one attached hydrogen (secondary N) is 1. The molecule has 0 aromatic carbocycles. The molecule has 24 heavy (non-hydrogen) atoms. The van der Waals surface area contributed by atoms with Crippen LogP contribution in [0.25, 0.3) is 6.08 Å². The molecule has 9 heteroatoms. The minimum absolute atomic E-state index is 0.0698. The zero-order valence-corrected chi connectivity index (χ0v) is 13.6. The Morgan fingerprint density at radius 3 is 2.50 bits per heavy atom. The number of aromatic nitrogens is 2. The third kappa shape index (κ3) is 3.43. The Kier molecular flexibility index (Phi) is 4.98. The summed E-state index contributed by atoms with van der Waals surface area (Å²) < 4.78 is 38.9. The predicted octanol–water partition coefficient (Wildman–Crippen LogP) is 4.57. The van der Waals surface area contributed by atoms with Crippen LogP contribution in [0.4, 0.5) is 19.0 Å². The molecule has 0 aliphatic rings. The lowest BCUT2D eigenvalue weighted by Crippen LogP contribution is -2.12. The summed E-state index contributed by atoms with van der Waals surface area (Å²) in [7, 11) is 0. The first-order valence-corrected chi connectivity index (χ1v) is 7.35. The topological polar surface area (TPSA) is 70.3 Å². The second-order valence-corrected chi connectivity index (χ2v) is 5.33. The molecule has 2 aromatic heterocycles. The van der Waals surface area contributed by atoms with Gasteiger partial charge in [-0.1, -0.05) is 30.7 Å². The van der Waals surface area contributed by atoms with Crippen molar-refractivity contribution < 1.29 is 23.4 Å². The number of anilines is 1. The molecule has 0 radical (unpaired) electrons. The summed E-state index contributed by atoms with van der Waals surface area (Å²) in [6, 6.07) is 1.81. The van der Waals surface area contributed by atoms with Gasteiger partial charge in [0.2, 0.25) is 11.8 Å². The third-order valence-electron chi connectivity index (χ3n) is 3.30. The molecule has 2 heterocycles. The molecule has 5 nitrogen and oxygen atoms in total. The zero-order chi connectivity index (χ0) is 18.1. The number of hydrogen-bond acceptors (Lipinski definition) is 4. The van der Waals surface area contributed by atoms with E-state index in [4.69, 9.17) is 11.6 Å². The smallest absolute Gasteiger partial charge is 0.419 e. The average molecular weight is 362 g/mol. The first kappa shape index (κ1) is 18.0. The van der Waals surface area contributed by atoms with Crippen molar-refractivity contribution in [2.24, 2.45) is 0 Å². The Morgan fingerprint density at radius 2 is 1.96 bits per heavy atom. The zero-order valence-electron chi connectivity index (χ0n) is 12.8. The van der Waals surface area contributed by atoms with E-state index in [-0.39, 0.29) is 17.6 Å². The highest BCUT2D eigenvalue weighted by Crippen LogP contribution is 2.36. The SMILES string of the molecule is CC/C=C/c1c(C)c(O)n(Nc2ccc(C(F)(F)F)c(Cl)n2)c1O. The maximum absolute atomic E-state index is 12.7. The normalized spacial score (nSPS) is 12.1. The molecule has 3 N–H and O–H groups in total. The summed E-state index contributed by atoms with van der Waals surface area (Å²) in [6.45, 7) is 3.50. The Hall–Kier alpha value is -2.35. The van der Waals surface area contributed by atoms with Crippen LogP contribution in [0.3, 0.4) is 0 Å². The molecular formula is C15H15ClF3N3O2. The van der Waals surface area contributed by atoms with E-state index in [2.05, 4.69) is 10.4 Å². The minimum Gasteiger partial charge on any atom is -0.493 e. The van der Waals surface area contributed by atoms with E-state index in [0.717, 1.165) is 23.2 Å². The number of hydrogen-bond donors (Lipinski definition) is 3. The minimum atomic E-state index is -4.62. The number of aromatic hydroxyl groups is 2. The highest BCUT2D eigenvalue weighted by Gasteiger charge is 2.34. The second-order valence-electron chi connectivity index (χ2n) is 4.98. The van der Waals surface area contributed by atoms with Crippen LogP contribution in [0, 0.1) is 6.92 Å². The van der Waals surface area contributed by atoms with E-state index in [0.29, 0.717) is 11.1 Å². The fraction of sp³-hybridized carbons (Fsp3) is 0.267. The standard InChI is InChI=1S/C15H15ClF3N3O2/c1-3-4-5-9-8(2)13(23)22(14(9)24)21-11-7-6-10(12(16)20-11)15(17,18)19/h4-7,23-24H,3H2,1-2H3,(H,20,21)/b5-4+. The molecule has 2 rings (SSSR count). The monoisotopic (exact) mass is 361 g/mol. The number of nitrogens with zero attached hydrogens (tertiary/aromatic N) is 2. The quantitative estimate of drug-likeness (QED) is 0.697. The molecule has 0 atom stereocenters. The molecule has 0 spiro atoms. The fourth-order valence-corrected chi connectivity index (χ4v) is 2.30. The first-order chi connectivity index (χ1) is 11.2. The lowest BCUT2D eigenvalue weighted by Gasteiger charge is -2.12. The van der Waals surface area contributed by atoms with Gasteiger partial charge in [-0.05, 0) is 25.5 Å². The predicted molar refractivity (Wildman–Crippen MR) is 85.1 cm³/mol. The van der Waals surface area contributed by atoms with Crippen molar-refractivity contribution in [3.63, 3.8) is 0 Å². The van der Waals surface area contributed by atoms with Crippen molar-refractivity contribution in [2.75, 3.05) is 5.43 Å². The van der Waals surface area contributed by atoms with Crippen LogP contribution in [0.15, 0.2) is 18.2 Å². The van der Waals surface area contributed by atoms with Gasteiger partial charge in [0.1, 0.15) is 11.0 Å². The Labute approximate surface area is 141 Å². The summed E-state index contributed by atoms with van der Waals surface area (Å²) in [4.78, 5) is 3.59. The summed E-state index contributed by atoms with van der Waals surface area (Å²) >= 11 is 5.55. The molecule has 0 bridgehead atoms. The number of allylic oxidation sites excluding steroid dienone is 1. The van der Waals surface area contributed by atoms with Crippen molar-refractivity contribution in [3.8, 4) is 11.8 Å². The van der Waals surface area contributed by atoms with Gasteiger partial charge in [0, 0.05) is 11.1 Å². The maximum Gasteiger partial charge on any atom is 0.419 e. The lowest BCUT2D eigenvalue weighted by molar-refractivity contribution is -0.137. The van der Waals surface area contributed by atoms with Gasteiger partial charge < -0.3 is 10.2 Å². The number of rotatable bonds is 4. The first-order valence-electron chi connectivity index (χ1n) is 6.97. The van der Waals surface area contributed by atoms with Gasteiger partial charge in [0.15, 0.2) is 0 Å². The van der Waals surface area contributed by atoms with E-state index in [1.807, 2.05) is 6.92 Å². The Bertz CT molecular complexity index is 785. The number of pyridine rings is 1. The third-order valence-corrected chi connectivity index (χ3v) is 3.59. The van der Waals surface area contributed by atoms with Crippen molar-refractivity contribution in [1.82, 2.24) is 9.66 Å². The summed E-state index contributed by atoms with van der Waals surface area (Å²) in [6.07, 6.45) is -0.460. The second kappa shape index (κ2) is 6.64. The molecule has 0 aliphatic carbocycles. The Morgan fingerprint density at radius 1 is 1.29 bits per heavy atom. The largest absolute Gasteiger partial charge is 0.493 e. The van der Waals surface area contributed by atoms with Crippen LogP contribution in [0.2, 0.25) is 5.15 Å². The molecule has 0 saturated carbocycles. The van der Waals surface area contributed by atoms with E-state index in [1.54, 1.807) is 19.1 Å². The number of alkyl halides is 3. The van der Waals surface area contributed by atoms with Crippen LogP contribution in [-0.4, -0.2) is 19.9 Å². The molecule has 2 aromatic rings. The molecule has 0 saturated heterocycles. The van der Waals surface area contributed by atoms with E-state index >= 15 is 0 Å². The van der Waals surface area contributed by atoms with Crippen LogP contribution < -0.4 is 5.43 Å². The van der Waals surface area contributed by atoms with Gasteiger partial charge in [0.05, 0.1) is 5.56 Å². The highest BCUT2D eigenvalue weighted by molar-refractivity contribution is 6.30. The molecule has 0 aliphatic heterocycles. The van der Waals surface area contributed by atoms with Gasteiger partial charge in [0.25, 0.3) is 0 Å². The molecule has 0 unspecified atom stereocenters. The molecule has 130 valence electrons. The molecule has 0 fully saturated rings. The van der Waals surface area contributed by atoms with Crippen molar-refractivity contribution in [2.45, 2.75) is 26.4 Å². The fourth-order valence-electron chi connectivity index (χ4n) is 2.04. The van der Waals surface area contributed by atoms with E-state index < -0.39 is 16.9 Å². The van der Waals surface area contributed by atoms with Crippen LogP contribution >= 0.6 is 11.6 Å². The number of halogens is 4. The van der Waals surface area contributed by atoms with Crippen molar-refractivity contribution >= 4 is 23.5 Å². The average Bonchev–Trinajstić information content (AvgIpc) is 2.68. The van der Waals surface area contributed by atoms with Crippen molar-refractivity contribution in [3.05, 3.63) is 40.1 Å². The van der Waals surface area contributed by atoms with Gasteiger partial charge >= 0.3 is 6.18 Å².